The van der Waals surface area contributed by atoms with Crippen LogP contribution in [0.4, 0.5) is 0 Å². The third-order valence-electron chi connectivity index (χ3n) is 5.34. The molecule has 1 saturated heterocycles. The number of amides is 1. The number of furan rings is 1. The smallest absolute Gasteiger partial charge is 0.258 e. The van der Waals surface area contributed by atoms with Crippen LogP contribution in [0.5, 0.6) is 0 Å². The lowest BCUT2D eigenvalue weighted by atomic mass is 9.78. The van der Waals surface area contributed by atoms with Crippen LogP contribution >= 0.6 is 0 Å². The molecule has 1 spiro atoms. The molecule has 0 unspecified atom stereocenters. The quantitative estimate of drug-likeness (QED) is 0.865. The highest BCUT2D eigenvalue weighted by atomic mass is 16.3. The normalized spacial score (nSPS) is 21.8. The molecule has 4 heteroatoms. The summed E-state index contributed by atoms with van der Waals surface area (Å²) in [5, 5.41) is 3.50. The predicted molar refractivity (Wildman–Crippen MR) is 82.6 cm³/mol. The van der Waals surface area contributed by atoms with Crippen LogP contribution in [-0.2, 0) is 0 Å². The van der Waals surface area contributed by atoms with Gasteiger partial charge in [-0.2, -0.15) is 0 Å². The van der Waals surface area contributed by atoms with Crippen molar-refractivity contribution in [2.24, 2.45) is 0 Å². The van der Waals surface area contributed by atoms with E-state index in [-0.39, 0.29) is 11.4 Å². The van der Waals surface area contributed by atoms with E-state index in [1.807, 2.05) is 20.8 Å². The van der Waals surface area contributed by atoms with Gasteiger partial charge >= 0.3 is 0 Å². The van der Waals surface area contributed by atoms with E-state index in [0.717, 1.165) is 55.1 Å². The zero-order valence-corrected chi connectivity index (χ0v) is 13.4. The van der Waals surface area contributed by atoms with Crippen molar-refractivity contribution in [1.82, 2.24) is 10.2 Å². The Balaban J connectivity index is 1.94. The maximum atomic E-state index is 13.2. The van der Waals surface area contributed by atoms with Gasteiger partial charge in [0.1, 0.15) is 11.5 Å². The Morgan fingerprint density at radius 1 is 1.14 bits per heavy atom. The highest BCUT2D eigenvalue weighted by Gasteiger charge is 2.43. The summed E-state index contributed by atoms with van der Waals surface area (Å²) in [6, 6.07) is 0. The first-order valence-electron chi connectivity index (χ1n) is 8.14. The first kappa shape index (κ1) is 14.6. The van der Waals surface area contributed by atoms with Crippen LogP contribution in [-0.4, -0.2) is 36.0 Å². The molecular formula is C17H26N2O2. The molecule has 0 atom stereocenters. The standard InChI is InChI=1S/C17H26N2O2/c1-12-13(2)21-14(3)15(12)16(20)19-10-9-18-11-17(19)7-5-4-6-8-17/h18H,4-11H2,1-3H3. The fourth-order valence-corrected chi connectivity index (χ4v) is 4.06. The van der Waals surface area contributed by atoms with Gasteiger partial charge in [0.25, 0.3) is 5.91 Å². The number of carbonyl (C=O) groups excluding carboxylic acids is 1. The van der Waals surface area contributed by atoms with Gasteiger partial charge in [0.05, 0.1) is 11.1 Å². The summed E-state index contributed by atoms with van der Waals surface area (Å²) >= 11 is 0. The van der Waals surface area contributed by atoms with E-state index < -0.39 is 0 Å². The maximum Gasteiger partial charge on any atom is 0.258 e. The molecule has 1 aliphatic carbocycles. The molecule has 2 heterocycles. The first-order chi connectivity index (χ1) is 10.1. The van der Waals surface area contributed by atoms with E-state index in [4.69, 9.17) is 4.42 Å². The number of piperazine rings is 1. The van der Waals surface area contributed by atoms with Crippen LogP contribution in [0, 0.1) is 20.8 Å². The number of rotatable bonds is 1. The molecule has 1 aromatic heterocycles. The topological polar surface area (TPSA) is 45.5 Å². The van der Waals surface area contributed by atoms with Crippen molar-refractivity contribution in [3.63, 3.8) is 0 Å². The summed E-state index contributed by atoms with van der Waals surface area (Å²) in [5.74, 6) is 1.80. The van der Waals surface area contributed by atoms with E-state index in [0.29, 0.717) is 0 Å². The highest BCUT2D eigenvalue weighted by Crippen LogP contribution is 2.36. The second-order valence-electron chi connectivity index (χ2n) is 6.63. The van der Waals surface area contributed by atoms with Crippen molar-refractivity contribution >= 4 is 5.91 Å². The maximum absolute atomic E-state index is 13.2. The molecule has 3 rings (SSSR count). The Labute approximate surface area is 126 Å². The van der Waals surface area contributed by atoms with Gasteiger partial charge in [-0.15, -0.1) is 0 Å². The number of nitrogens with zero attached hydrogens (tertiary/aromatic N) is 1. The number of hydrogen-bond donors (Lipinski definition) is 1. The molecule has 2 aliphatic rings. The summed E-state index contributed by atoms with van der Waals surface area (Å²) in [6.07, 6.45) is 6.01. The second-order valence-corrected chi connectivity index (χ2v) is 6.63. The summed E-state index contributed by atoms with van der Waals surface area (Å²) in [7, 11) is 0. The fraction of sp³-hybridized carbons (Fsp3) is 0.706. The van der Waals surface area contributed by atoms with Gasteiger partial charge in [-0.1, -0.05) is 19.3 Å². The minimum Gasteiger partial charge on any atom is -0.466 e. The minimum absolute atomic E-state index is 0.0254. The number of carbonyl (C=O) groups is 1. The molecule has 4 nitrogen and oxygen atoms in total. The van der Waals surface area contributed by atoms with Crippen LogP contribution in [0.1, 0.15) is 59.5 Å². The van der Waals surface area contributed by atoms with Crippen molar-refractivity contribution in [3.8, 4) is 0 Å². The average molecular weight is 290 g/mol. The van der Waals surface area contributed by atoms with Crippen LogP contribution in [0.3, 0.4) is 0 Å². The van der Waals surface area contributed by atoms with Crippen LogP contribution in [0.15, 0.2) is 4.42 Å². The van der Waals surface area contributed by atoms with Crippen LogP contribution < -0.4 is 5.32 Å². The Morgan fingerprint density at radius 2 is 1.86 bits per heavy atom. The predicted octanol–water partition coefficient (Wildman–Crippen LogP) is 2.95. The first-order valence-corrected chi connectivity index (χ1v) is 8.14. The Morgan fingerprint density at radius 3 is 2.48 bits per heavy atom. The van der Waals surface area contributed by atoms with Crippen LogP contribution in [0.2, 0.25) is 0 Å². The molecule has 1 saturated carbocycles. The van der Waals surface area contributed by atoms with Gasteiger partial charge in [0.2, 0.25) is 0 Å². The molecule has 1 aliphatic heterocycles. The molecule has 2 fully saturated rings. The van der Waals surface area contributed by atoms with Crippen molar-refractivity contribution in [2.45, 2.75) is 58.4 Å². The second kappa shape index (κ2) is 5.48. The van der Waals surface area contributed by atoms with Gasteiger partial charge in [-0.25, -0.2) is 0 Å². The van der Waals surface area contributed by atoms with E-state index in [9.17, 15) is 4.79 Å². The molecule has 1 amide bonds. The summed E-state index contributed by atoms with van der Waals surface area (Å²) in [6.45, 7) is 8.48. The fourth-order valence-electron chi connectivity index (χ4n) is 4.06. The SMILES string of the molecule is Cc1oc(C)c(C(=O)N2CCNCC23CCCCC3)c1C. The highest BCUT2D eigenvalue weighted by molar-refractivity contribution is 5.97. The Bertz CT molecular complexity index is 533. The molecule has 116 valence electrons. The van der Waals surface area contributed by atoms with Gasteiger partial charge in [-0.3, -0.25) is 4.79 Å². The molecule has 21 heavy (non-hydrogen) atoms. The van der Waals surface area contributed by atoms with Crippen molar-refractivity contribution in [3.05, 3.63) is 22.6 Å². The average Bonchev–Trinajstić information content (AvgIpc) is 2.73. The van der Waals surface area contributed by atoms with Crippen molar-refractivity contribution < 1.29 is 9.21 Å². The van der Waals surface area contributed by atoms with Crippen molar-refractivity contribution in [1.29, 1.82) is 0 Å². The van der Waals surface area contributed by atoms with E-state index in [2.05, 4.69) is 10.2 Å². The Hall–Kier alpha value is -1.29. The number of aryl methyl sites for hydroxylation is 2. The molecule has 0 bridgehead atoms. The van der Waals surface area contributed by atoms with E-state index in [1.54, 1.807) is 0 Å². The van der Waals surface area contributed by atoms with Gasteiger partial charge in [0.15, 0.2) is 0 Å². The van der Waals surface area contributed by atoms with Crippen molar-refractivity contribution in [2.75, 3.05) is 19.6 Å². The molecule has 1 N–H and O–H groups in total. The zero-order chi connectivity index (χ0) is 15.0. The van der Waals surface area contributed by atoms with E-state index in [1.165, 1.54) is 19.3 Å². The van der Waals surface area contributed by atoms with Gasteiger partial charge in [-0.05, 0) is 33.6 Å². The molecule has 1 aromatic rings. The lowest BCUT2D eigenvalue weighted by molar-refractivity contribution is 0.0220. The zero-order valence-electron chi connectivity index (χ0n) is 13.4. The lowest BCUT2D eigenvalue weighted by Gasteiger charge is -2.49. The number of hydrogen-bond acceptors (Lipinski definition) is 3. The van der Waals surface area contributed by atoms with Crippen LogP contribution in [0.25, 0.3) is 0 Å². The summed E-state index contributed by atoms with van der Waals surface area (Å²) < 4.78 is 5.67. The van der Waals surface area contributed by atoms with E-state index >= 15 is 0 Å². The molecule has 0 aromatic carbocycles. The molecule has 0 radical (unpaired) electrons. The van der Waals surface area contributed by atoms with Gasteiger partial charge < -0.3 is 14.6 Å². The third-order valence-corrected chi connectivity index (χ3v) is 5.34. The largest absolute Gasteiger partial charge is 0.466 e. The lowest BCUT2D eigenvalue weighted by Crippen LogP contribution is -2.63. The minimum atomic E-state index is 0.0254. The molecular weight excluding hydrogens is 264 g/mol. The summed E-state index contributed by atoms with van der Waals surface area (Å²) in [4.78, 5) is 15.3. The van der Waals surface area contributed by atoms with Gasteiger partial charge in [0, 0.05) is 25.2 Å². The Kier molecular flexibility index (Phi) is 3.82. The summed E-state index contributed by atoms with van der Waals surface area (Å²) in [5.41, 5.74) is 1.82. The monoisotopic (exact) mass is 290 g/mol. The third kappa shape index (κ3) is 2.39. The number of nitrogens with one attached hydrogen (secondary N) is 1.